The van der Waals surface area contributed by atoms with Crippen LogP contribution in [0.25, 0.3) is 0 Å². The van der Waals surface area contributed by atoms with Gasteiger partial charge in [0.25, 0.3) is 0 Å². The van der Waals surface area contributed by atoms with Crippen LogP contribution >= 0.6 is 7.94 Å². The Hall–Kier alpha value is -0.920. The molecule has 0 aliphatic rings. The molecule has 0 aliphatic heterocycles. The second-order valence-corrected chi connectivity index (χ2v) is 6.04. The van der Waals surface area contributed by atoms with Crippen LogP contribution in [0, 0.1) is 5.82 Å². The van der Waals surface area contributed by atoms with Crippen LogP contribution in [0.4, 0.5) is 4.39 Å². The van der Waals surface area contributed by atoms with E-state index in [1.54, 1.807) is 24.9 Å². The molecule has 0 amide bonds. The molecular weight excluding hydrogens is 310 g/mol. The Morgan fingerprint density at radius 3 is 1.65 bits per heavy atom. The van der Waals surface area contributed by atoms with Crippen LogP contribution in [0.3, 0.4) is 0 Å². The molecule has 0 fully saturated rings. The van der Waals surface area contributed by atoms with Crippen LogP contribution in [-0.4, -0.2) is 37.4 Å². The van der Waals surface area contributed by atoms with Gasteiger partial charge in [-0.3, -0.25) is 0 Å². The van der Waals surface area contributed by atoms with Gasteiger partial charge in [-0.05, 0) is 12.1 Å². The van der Waals surface area contributed by atoms with E-state index in [4.69, 9.17) is 21.7 Å². The summed E-state index contributed by atoms with van der Waals surface area (Å²) in [5.74, 6) is -0.178. The molecular formula is C11H20FO6PS. The van der Waals surface area contributed by atoms with E-state index in [0.717, 1.165) is 0 Å². The van der Waals surface area contributed by atoms with Crippen LogP contribution in [0.1, 0.15) is 13.8 Å². The summed E-state index contributed by atoms with van der Waals surface area (Å²) in [6.07, 6.45) is 0. The Bertz CT molecular complexity index is 421. The summed E-state index contributed by atoms with van der Waals surface area (Å²) < 4.78 is 47.1. The zero-order valence-corrected chi connectivity index (χ0v) is 13.4. The minimum Gasteiger partial charge on any atom is -0.207 e. The molecule has 6 nitrogen and oxygen atoms in total. The van der Waals surface area contributed by atoms with Crippen molar-refractivity contribution < 1.29 is 31.0 Å². The first-order valence-electron chi connectivity index (χ1n) is 5.72. The minimum absolute atomic E-state index is 0.178. The Labute approximate surface area is 120 Å². The van der Waals surface area contributed by atoms with E-state index in [2.05, 4.69) is 0 Å². The summed E-state index contributed by atoms with van der Waals surface area (Å²) >= 11 is 0. The fourth-order valence-electron chi connectivity index (χ4n) is 0.992. The maximum atomic E-state index is 11.9. The fourth-order valence-corrected chi connectivity index (χ4v) is 2.15. The third-order valence-corrected chi connectivity index (χ3v) is 3.21. The SMILES string of the molecule is CCO[PH](C)(O)OCC.Fc1ccccc1.O=S(=O)=O. The first-order valence-corrected chi connectivity index (χ1v) is 8.99. The van der Waals surface area contributed by atoms with E-state index >= 15 is 0 Å². The first-order chi connectivity index (χ1) is 9.25. The molecule has 0 heterocycles. The van der Waals surface area contributed by atoms with Gasteiger partial charge in [0.2, 0.25) is 0 Å². The van der Waals surface area contributed by atoms with Gasteiger partial charge >= 0.3 is 66.2 Å². The number of benzene rings is 1. The molecule has 20 heavy (non-hydrogen) atoms. The molecule has 1 aromatic rings. The van der Waals surface area contributed by atoms with E-state index in [-0.39, 0.29) is 5.82 Å². The third kappa shape index (κ3) is 19.4. The Morgan fingerprint density at radius 1 is 1.10 bits per heavy atom. The molecule has 0 atom stereocenters. The van der Waals surface area contributed by atoms with Crippen LogP contribution in [0.2, 0.25) is 0 Å². The largest absolute Gasteiger partial charge is 0.425 e. The van der Waals surface area contributed by atoms with Gasteiger partial charge in [-0.1, -0.05) is 18.2 Å². The second-order valence-electron chi connectivity index (χ2n) is 3.26. The predicted molar refractivity (Wildman–Crippen MR) is 75.8 cm³/mol. The molecule has 0 radical (unpaired) electrons. The van der Waals surface area contributed by atoms with E-state index in [0.29, 0.717) is 13.2 Å². The number of halogens is 1. The Balaban J connectivity index is 0. The maximum Gasteiger partial charge on any atom is 0.425 e. The summed E-state index contributed by atoms with van der Waals surface area (Å²) in [7, 11) is -5.81. The van der Waals surface area contributed by atoms with E-state index < -0.39 is 18.6 Å². The van der Waals surface area contributed by atoms with Crippen LogP contribution in [-0.2, 0) is 19.7 Å². The predicted octanol–water partition coefficient (Wildman–Crippen LogP) is 2.00. The Morgan fingerprint density at radius 2 is 1.45 bits per heavy atom. The molecule has 1 N–H and O–H groups in total. The van der Waals surface area contributed by atoms with Gasteiger partial charge in [0.1, 0.15) is 5.82 Å². The smallest absolute Gasteiger partial charge is 0.207 e. The standard InChI is InChI=1S/C6H5F.C5H15O3P.O3S/c7-6-4-2-1-3-5-6;1-4-7-9(3,6)8-5-2;1-4(2)3/h1-5H;6,9H,4-5H2,1-3H3;. The van der Waals surface area contributed by atoms with Crippen molar-refractivity contribution in [2.45, 2.75) is 13.8 Å². The van der Waals surface area contributed by atoms with Gasteiger partial charge in [-0.15, -0.1) is 12.6 Å². The van der Waals surface area contributed by atoms with Crippen LogP contribution in [0.5, 0.6) is 0 Å². The average Bonchev–Trinajstić information content (AvgIpc) is 2.29. The van der Waals surface area contributed by atoms with E-state index in [1.165, 1.54) is 12.1 Å². The number of rotatable bonds is 4. The molecule has 0 aromatic heterocycles. The van der Waals surface area contributed by atoms with E-state index in [9.17, 15) is 9.28 Å². The van der Waals surface area contributed by atoms with Gasteiger partial charge in [0.15, 0.2) is 0 Å². The minimum atomic E-state index is -3.11. The van der Waals surface area contributed by atoms with Gasteiger partial charge in [0, 0.05) is 0 Å². The molecule has 0 unspecified atom stereocenters. The molecule has 0 bridgehead atoms. The monoisotopic (exact) mass is 330 g/mol. The van der Waals surface area contributed by atoms with Crippen molar-refractivity contribution in [3.63, 3.8) is 0 Å². The fraction of sp³-hybridized carbons (Fsp3) is 0.455. The van der Waals surface area contributed by atoms with E-state index in [1.807, 2.05) is 13.8 Å². The number of hydrogen-bond acceptors (Lipinski definition) is 6. The van der Waals surface area contributed by atoms with Gasteiger partial charge in [-0.25, -0.2) is 4.39 Å². The Kier molecular flexibility index (Phi) is 14.0. The topological polar surface area (TPSA) is 89.9 Å². The number of hydrogen-bond donors (Lipinski definition) is 1. The first kappa shape index (κ1) is 21.4. The zero-order chi connectivity index (χ0) is 16.0. The third-order valence-electron chi connectivity index (χ3n) is 1.56. The van der Waals surface area contributed by atoms with Gasteiger partial charge in [-0.2, -0.15) is 0 Å². The van der Waals surface area contributed by atoms with Crippen molar-refractivity contribution in [3.05, 3.63) is 36.1 Å². The molecule has 0 spiro atoms. The zero-order valence-electron chi connectivity index (χ0n) is 11.6. The average molecular weight is 330 g/mol. The molecule has 1 aromatic carbocycles. The molecule has 1 rings (SSSR count). The normalized spacial score (nSPS) is 10.4. The molecule has 0 saturated heterocycles. The summed E-state index contributed by atoms with van der Waals surface area (Å²) in [6.45, 7) is 6.30. The van der Waals surface area contributed by atoms with Crippen LogP contribution < -0.4 is 0 Å². The molecule has 118 valence electrons. The van der Waals surface area contributed by atoms with Gasteiger partial charge < -0.3 is 0 Å². The van der Waals surface area contributed by atoms with Crippen molar-refractivity contribution in [1.82, 2.24) is 0 Å². The molecule has 0 aliphatic carbocycles. The van der Waals surface area contributed by atoms with Crippen molar-refractivity contribution in [1.29, 1.82) is 0 Å². The second kappa shape index (κ2) is 13.1. The maximum absolute atomic E-state index is 11.9. The summed E-state index contributed by atoms with van der Waals surface area (Å²) in [6, 6.07) is 7.94. The van der Waals surface area contributed by atoms with Crippen molar-refractivity contribution in [2.75, 3.05) is 19.9 Å². The molecule has 9 heteroatoms. The summed E-state index contributed by atoms with van der Waals surface area (Å²) in [5, 5.41) is 0. The van der Waals surface area contributed by atoms with Gasteiger partial charge in [0.05, 0.1) is 0 Å². The quantitative estimate of drug-likeness (QED) is 0.849. The van der Waals surface area contributed by atoms with Crippen molar-refractivity contribution in [3.8, 4) is 0 Å². The summed E-state index contributed by atoms with van der Waals surface area (Å²) in [4.78, 5) is 9.21. The molecule has 0 saturated carbocycles. The van der Waals surface area contributed by atoms with Crippen LogP contribution in [0.15, 0.2) is 30.3 Å². The van der Waals surface area contributed by atoms with Crippen molar-refractivity contribution >= 4 is 18.6 Å². The summed E-state index contributed by atoms with van der Waals surface area (Å²) in [5.41, 5.74) is 0. The van der Waals surface area contributed by atoms with Crippen molar-refractivity contribution in [2.24, 2.45) is 0 Å².